The standard InChI is InChI=1S/C20H28O6/c1-3-5-12-25-20(23)17-11-10-16(13-18(17)21)26-15-8-6-14(7-9-15)19(22)24-4-2/h10-11,13-15,21H,3-9,12H2,1-2H3. The van der Waals surface area contributed by atoms with Gasteiger partial charge in [0, 0.05) is 6.07 Å². The zero-order valence-corrected chi connectivity index (χ0v) is 15.5. The summed E-state index contributed by atoms with van der Waals surface area (Å²) in [5.74, 6) is -0.355. The van der Waals surface area contributed by atoms with Crippen LogP contribution in [0.5, 0.6) is 11.5 Å². The first-order valence-corrected chi connectivity index (χ1v) is 9.38. The first-order chi connectivity index (χ1) is 12.5. The highest BCUT2D eigenvalue weighted by molar-refractivity contribution is 5.92. The lowest BCUT2D eigenvalue weighted by Crippen LogP contribution is -2.29. The maximum Gasteiger partial charge on any atom is 0.341 e. The van der Waals surface area contributed by atoms with Crippen LogP contribution in [0.15, 0.2) is 18.2 Å². The molecule has 0 heterocycles. The summed E-state index contributed by atoms with van der Waals surface area (Å²) in [6.45, 7) is 4.57. The molecule has 1 aliphatic carbocycles. The van der Waals surface area contributed by atoms with Gasteiger partial charge in [-0.1, -0.05) is 13.3 Å². The Morgan fingerprint density at radius 3 is 2.46 bits per heavy atom. The molecule has 1 N–H and O–H groups in total. The molecule has 0 unspecified atom stereocenters. The number of benzene rings is 1. The van der Waals surface area contributed by atoms with Gasteiger partial charge in [0.2, 0.25) is 0 Å². The van der Waals surface area contributed by atoms with Gasteiger partial charge in [-0.2, -0.15) is 0 Å². The molecule has 1 aromatic rings. The highest BCUT2D eigenvalue weighted by atomic mass is 16.5. The van der Waals surface area contributed by atoms with Crippen molar-refractivity contribution in [2.45, 2.75) is 58.5 Å². The molecule has 1 aromatic carbocycles. The Balaban J connectivity index is 1.86. The monoisotopic (exact) mass is 364 g/mol. The molecule has 26 heavy (non-hydrogen) atoms. The van der Waals surface area contributed by atoms with Gasteiger partial charge in [-0.25, -0.2) is 4.79 Å². The van der Waals surface area contributed by atoms with E-state index in [9.17, 15) is 14.7 Å². The lowest BCUT2D eigenvalue weighted by Gasteiger charge is -2.27. The third-order valence-electron chi connectivity index (χ3n) is 4.52. The van der Waals surface area contributed by atoms with E-state index in [1.54, 1.807) is 6.07 Å². The lowest BCUT2D eigenvalue weighted by molar-refractivity contribution is -0.149. The molecule has 6 heteroatoms. The van der Waals surface area contributed by atoms with E-state index in [0.717, 1.165) is 38.5 Å². The maximum atomic E-state index is 11.9. The fourth-order valence-electron chi connectivity index (χ4n) is 3.01. The Morgan fingerprint density at radius 1 is 1.12 bits per heavy atom. The smallest absolute Gasteiger partial charge is 0.341 e. The second-order valence-corrected chi connectivity index (χ2v) is 6.51. The van der Waals surface area contributed by atoms with Gasteiger partial charge in [-0.3, -0.25) is 4.79 Å². The van der Waals surface area contributed by atoms with Crippen molar-refractivity contribution in [2.24, 2.45) is 5.92 Å². The molecule has 1 fully saturated rings. The van der Waals surface area contributed by atoms with Crippen LogP contribution in [0.3, 0.4) is 0 Å². The maximum absolute atomic E-state index is 11.9. The van der Waals surface area contributed by atoms with E-state index in [2.05, 4.69) is 0 Å². The van der Waals surface area contributed by atoms with Crippen molar-refractivity contribution in [1.29, 1.82) is 0 Å². The van der Waals surface area contributed by atoms with Crippen LogP contribution in [0.2, 0.25) is 0 Å². The van der Waals surface area contributed by atoms with Crippen molar-refractivity contribution in [3.8, 4) is 11.5 Å². The minimum atomic E-state index is -0.530. The summed E-state index contributed by atoms with van der Waals surface area (Å²) in [6, 6.07) is 4.62. The Kier molecular flexibility index (Phi) is 7.75. The van der Waals surface area contributed by atoms with E-state index in [1.807, 2.05) is 13.8 Å². The Morgan fingerprint density at radius 2 is 1.85 bits per heavy atom. The summed E-state index contributed by atoms with van der Waals surface area (Å²) in [5, 5.41) is 10.1. The fraction of sp³-hybridized carbons (Fsp3) is 0.600. The van der Waals surface area contributed by atoms with Crippen molar-refractivity contribution in [2.75, 3.05) is 13.2 Å². The first kappa shape index (κ1) is 20.1. The third-order valence-corrected chi connectivity index (χ3v) is 4.52. The molecular formula is C20H28O6. The van der Waals surface area contributed by atoms with Crippen molar-refractivity contribution in [3.63, 3.8) is 0 Å². The summed E-state index contributed by atoms with van der Waals surface area (Å²) in [7, 11) is 0. The molecule has 6 nitrogen and oxygen atoms in total. The van der Waals surface area contributed by atoms with Crippen LogP contribution >= 0.6 is 0 Å². The second kappa shape index (κ2) is 10.0. The number of hydrogen-bond acceptors (Lipinski definition) is 6. The van der Waals surface area contributed by atoms with Crippen LogP contribution < -0.4 is 4.74 Å². The predicted molar refractivity (Wildman–Crippen MR) is 96.3 cm³/mol. The number of esters is 2. The molecule has 0 aromatic heterocycles. The van der Waals surface area contributed by atoms with Gasteiger partial charge in [0.25, 0.3) is 0 Å². The zero-order chi connectivity index (χ0) is 18.9. The highest BCUT2D eigenvalue weighted by Gasteiger charge is 2.28. The normalized spacial score (nSPS) is 19.6. The molecule has 2 rings (SSSR count). The average Bonchev–Trinajstić information content (AvgIpc) is 2.62. The number of phenols is 1. The number of rotatable bonds is 8. The molecule has 0 saturated heterocycles. The van der Waals surface area contributed by atoms with Crippen molar-refractivity contribution in [1.82, 2.24) is 0 Å². The molecular weight excluding hydrogens is 336 g/mol. The molecule has 1 aliphatic rings. The fourth-order valence-corrected chi connectivity index (χ4v) is 3.01. The van der Waals surface area contributed by atoms with Gasteiger partial charge in [-0.05, 0) is 51.2 Å². The van der Waals surface area contributed by atoms with Gasteiger partial charge in [0.05, 0.1) is 25.2 Å². The molecule has 0 spiro atoms. The van der Waals surface area contributed by atoms with Crippen LogP contribution in [0.4, 0.5) is 0 Å². The summed E-state index contributed by atoms with van der Waals surface area (Å²) < 4.78 is 16.1. The zero-order valence-electron chi connectivity index (χ0n) is 15.5. The van der Waals surface area contributed by atoms with Gasteiger partial charge in [0.1, 0.15) is 17.1 Å². The quantitative estimate of drug-likeness (QED) is 0.557. The molecule has 1 saturated carbocycles. The molecule has 0 bridgehead atoms. The third kappa shape index (κ3) is 5.64. The van der Waals surface area contributed by atoms with E-state index in [4.69, 9.17) is 14.2 Å². The number of aromatic hydroxyl groups is 1. The number of carbonyl (C=O) groups is 2. The molecule has 0 amide bonds. The summed E-state index contributed by atoms with van der Waals surface area (Å²) in [4.78, 5) is 23.7. The molecule has 144 valence electrons. The second-order valence-electron chi connectivity index (χ2n) is 6.51. The van der Waals surface area contributed by atoms with Crippen molar-refractivity contribution >= 4 is 11.9 Å². The Hall–Kier alpha value is -2.24. The predicted octanol–water partition coefficient (Wildman–Crippen LogP) is 3.85. The van der Waals surface area contributed by atoms with Crippen LogP contribution in [0, 0.1) is 5.92 Å². The van der Waals surface area contributed by atoms with Crippen molar-refractivity contribution < 1.29 is 28.9 Å². The minimum Gasteiger partial charge on any atom is -0.507 e. The lowest BCUT2D eigenvalue weighted by atomic mass is 9.87. The van der Waals surface area contributed by atoms with Gasteiger partial charge >= 0.3 is 11.9 Å². The van der Waals surface area contributed by atoms with Crippen LogP contribution in [0.25, 0.3) is 0 Å². The summed E-state index contributed by atoms with van der Waals surface area (Å²) in [6.07, 6.45) is 4.69. The number of hydrogen-bond donors (Lipinski definition) is 1. The first-order valence-electron chi connectivity index (χ1n) is 9.38. The summed E-state index contributed by atoms with van der Waals surface area (Å²) >= 11 is 0. The Labute approximate surface area is 154 Å². The SMILES string of the molecule is CCCCOC(=O)c1ccc(OC2CCC(C(=O)OCC)CC2)cc1O. The van der Waals surface area contributed by atoms with Gasteiger partial charge in [0.15, 0.2) is 0 Å². The molecule has 0 aliphatic heterocycles. The minimum absolute atomic E-state index is 0.0116. The van der Waals surface area contributed by atoms with E-state index in [0.29, 0.717) is 19.0 Å². The number of ether oxygens (including phenoxy) is 3. The summed E-state index contributed by atoms with van der Waals surface area (Å²) in [5.41, 5.74) is 0.138. The van der Waals surface area contributed by atoms with Crippen LogP contribution in [-0.2, 0) is 14.3 Å². The largest absolute Gasteiger partial charge is 0.507 e. The topological polar surface area (TPSA) is 82.1 Å². The highest BCUT2D eigenvalue weighted by Crippen LogP contribution is 2.31. The average molecular weight is 364 g/mol. The van der Waals surface area contributed by atoms with Crippen LogP contribution in [0.1, 0.15) is 62.7 Å². The molecule has 0 atom stereocenters. The number of unbranched alkanes of at least 4 members (excludes halogenated alkanes) is 1. The Bertz CT molecular complexity index is 604. The van der Waals surface area contributed by atoms with Crippen molar-refractivity contribution in [3.05, 3.63) is 23.8 Å². The molecule has 0 radical (unpaired) electrons. The van der Waals surface area contributed by atoms with E-state index in [-0.39, 0.29) is 29.3 Å². The van der Waals surface area contributed by atoms with E-state index < -0.39 is 5.97 Å². The van der Waals surface area contributed by atoms with E-state index >= 15 is 0 Å². The van der Waals surface area contributed by atoms with Gasteiger partial charge in [-0.15, -0.1) is 0 Å². The number of carbonyl (C=O) groups excluding carboxylic acids is 2. The van der Waals surface area contributed by atoms with Crippen LogP contribution in [-0.4, -0.2) is 36.4 Å². The van der Waals surface area contributed by atoms with Gasteiger partial charge < -0.3 is 19.3 Å². The van der Waals surface area contributed by atoms with E-state index in [1.165, 1.54) is 12.1 Å². The number of phenolic OH excluding ortho intramolecular Hbond substituents is 1.